The third-order valence-corrected chi connectivity index (χ3v) is 6.22. The third kappa shape index (κ3) is 1.00. The van der Waals surface area contributed by atoms with Crippen molar-refractivity contribution >= 4 is 6.29 Å². The molecule has 2 bridgehead atoms. The van der Waals surface area contributed by atoms with Crippen molar-refractivity contribution in [3.63, 3.8) is 0 Å². The molecule has 3 fully saturated rings. The lowest BCUT2D eigenvalue weighted by Crippen LogP contribution is -2.41. The summed E-state index contributed by atoms with van der Waals surface area (Å²) in [6.07, 6.45) is 7.43. The van der Waals surface area contributed by atoms with Crippen molar-refractivity contribution in [1.82, 2.24) is 0 Å². The molecule has 0 aromatic rings. The van der Waals surface area contributed by atoms with Crippen LogP contribution in [0.25, 0.3) is 0 Å². The van der Waals surface area contributed by atoms with Crippen LogP contribution in [0.4, 0.5) is 0 Å². The summed E-state index contributed by atoms with van der Waals surface area (Å²) in [5.41, 5.74) is 2.09. The van der Waals surface area contributed by atoms with E-state index in [9.17, 15) is 4.79 Å². The van der Waals surface area contributed by atoms with Gasteiger partial charge in [0.2, 0.25) is 0 Å². The molecule has 0 heterocycles. The summed E-state index contributed by atoms with van der Waals surface area (Å²) in [7, 11) is 0. The van der Waals surface area contributed by atoms with Crippen LogP contribution in [0.5, 0.6) is 0 Å². The minimum Gasteiger partial charge on any atom is -0.303 e. The van der Waals surface area contributed by atoms with Crippen molar-refractivity contribution in [2.24, 2.45) is 28.6 Å². The minimum absolute atomic E-state index is 0.308. The van der Waals surface area contributed by atoms with Crippen LogP contribution >= 0.6 is 0 Å². The van der Waals surface area contributed by atoms with Crippen molar-refractivity contribution in [3.8, 4) is 0 Å². The molecule has 88 valence electrons. The molecule has 0 amide bonds. The zero-order valence-electron chi connectivity index (χ0n) is 10.5. The highest BCUT2D eigenvalue weighted by Crippen LogP contribution is 2.69. The summed E-state index contributed by atoms with van der Waals surface area (Å²) < 4.78 is 0. The maximum absolute atomic E-state index is 11.3. The SMILES string of the molecule is C=C1[C@H]2CC[C@H](C=O)[C@]23CC[C@H](C3)C1(C)C. The zero-order chi connectivity index (χ0) is 11.6. The normalized spacial score (nSPS) is 49.1. The summed E-state index contributed by atoms with van der Waals surface area (Å²) >= 11 is 0. The first-order valence-electron chi connectivity index (χ1n) is 6.67. The maximum Gasteiger partial charge on any atom is 0.123 e. The van der Waals surface area contributed by atoms with Gasteiger partial charge in [-0.1, -0.05) is 26.0 Å². The number of carbonyl (C=O) groups excluding carboxylic acids is 1. The first-order valence-corrected chi connectivity index (χ1v) is 6.67. The molecule has 1 nitrogen and oxygen atoms in total. The van der Waals surface area contributed by atoms with Crippen LogP contribution in [0.3, 0.4) is 0 Å². The van der Waals surface area contributed by atoms with Gasteiger partial charge in [-0.3, -0.25) is 0 Å². The van der Waals surface area contributed by atoms with Gasteiger partial charge in [0.1, 0.15) is 6.29 Å². The Bertz CT molecular complexity index is 354. The number of hydrogen-bond donors (Lipinski definition) is 0. The Morgan fingerprint density at radius 3 is 2.75 bits per heavy atom. The Balaban J connectivity index is 2.06. The molecule has 3 rings (SSSR count). The van der Waals surface area contributed by atoms with Crippen LogP contribution in [-0.4, -0.2) is 6.29 Å². The molecule has 0 aromatic carbocycles. The Labute approximate surface area is 98.3 Å². The highest BCUT2D eigenvalue weighted by molar-refractivity contribution is 5.57. The summed E-state index contributed by atoms with van der Waals surface area (Å²) in [6.45, 7) is 9.13. The molecule has 0 unspecified atom stereocenters. The zero-order valence-corrected chi connectivity index (χ0v) is 10.5. The lowest BCUT2D eigenvalue weighted by Gasteiger charge is -2.48. The maximum atomic E-state index is 11.3. The van der Waals surface area contributed by atoms with E-state index in [1.165, 1.54) is 37.5 Å². The molecule has 1 spiro atoms. The van der Waals surface area contributed by atoms with Crippen LogP contribution in [0, 0.1) is 28.6 Å². The summed E-state index contributed by atoms with van der Waals surface area (Å²) in [4.78, 5) is 11.3. The Morgan fingerprint density at radius 1 is 1.31 bits per heavy atom. The quantitative estimate of drug-likeness (QED) is 0.485. The van der Waals surface area contributed by atoms with Gasteiger partial charge in [-0.25, -0.2) is 0 Å². The van der Waals surface area contributed by atoms with E-state index in [-0.39, 0.29) is 0 Å². The van der Waals surface area contributed by atoms with Crippen molar-refractivity contribution in [1.29, 1.82) is 0 Å². The van der Waals surface area contributed by atoms with E-state index in [0.29, 0.717) is 22.7 Å². The number of hydrogen-bond acceptors (Lipinski definition) is 1. The van der Waals surface area contributed by atoms with Gasteiger partial charge in [0, 0.05) is 5.92 Å². The number of fused-ring (bicyclic) bond motifs is 1. The Morgan fingerprint density at radius 2 is 2.06 bits per heavy atom. The lowest BCUT2D eigenvalue weighted by atomic mass is 9.56. The average Bonchev–Trinajstić information content (AvgIpc) is 2.81. The highest BCUT2D eigenvalue weighted by atomic mass is 16.1. The first kappa shape index (κ1) is 10.6. The predicted octanol–water partition coefficient (Wildman–Crippen LogP) is 3.59. The van der Waals surface area contributed by atoms with E-state index in [1.807, 2.05) is 0 Å². The number of allylic oxidation sites excluding steroid dienone is 1. The van der Waals surface area contributed by atoms with Gasteiger partial charge in [0.05, 0.1) is 0 Å². The van der Waals surface area contributed by atoms with Gasteiger partial charge in [0.25, 0.3) is 0 Å². The predicted molar refractivity (Wildman–Crippen MR) is 65.0 cm³/mol. The Hall–Kier alpha value is -0.590. The van der Waals surface area contributed by atoms with Crippen molar-refractivity contribution in [2.45, 2.75) is 46.0 Å². The van der Waals surface area contributed by atoms with Gasteiger partial charge >= 0.3 is 0 Å². The largest absolute Gasteiger partial charge is 0.303 e. The summed E-state index contributed by atoms with van der Waals surface area (Å²) in [5.74, 6) is 1.74. The number of rotatable bonds is 1. The molecular formula is C15H22O. The second kappa shape index (κ2) is 3.00. The van der Waals surface area contributed by atoms with E-state index in [0.717, 1.165) is 12.3 Å². The Kier molecular flexibility index (Phi) is 1.98. The molecule has 1 heteroatoms. The third-order valence-electron chi connectivity index (χ3n) is 6.22. The molecule has 0 aliphatic heterocycles. The van der Waals surface area contributed by atoms with Crippen LogP contribution < -0.4 is 0 Å². The molecule has 0 saturated heterocycles. The summed E-state index contributed by atoms with van der Waals surface area (Å²) in [6, 6.07) is 0. The lowest BCUT2D eigenvalue weighted by molar-refractivity contribution is -0.114. The van der Waals surface area contributed by atoms with Crippen LogP contribution in [0.1, 0.15) is 46.0 Å². The molecule has 3 saturated carbocycles. The van der Waals surface area contributed by atoms with E-state index < -0.39 is 0 Å². The van der Waals surface area contributed by atoms with E-state index in [1.54, 1.807) is 0 Å². The van der Waals surface area contributed by atoms with Crippen molar-refractivity contribution in [3.05, 3.63) is 12.2 Å². The molecule has 0 aromatic heterocycles. The van der Waals surface area contributed by atoms with Gasteiger partial charge in [0.15, 0.2) is 0 Å². The van der Waals surface area contributed by atoms with Crippen molar-refractivity contribution < 1.29 is 4.79 Å². The molecular weight excluding hydrogens is 196 g/mol. The smallest absolute Gasteiger partial charge is 0.123 e. The fourth-order valence-electron chi connectivity index (χ4n) is 4.99. The monoisotopic (exact) mass is 218 g/mol. The van der Waals surface area contributed by atoms with Crippen LogP contribution in [0.2, 0.25) is 0 Å². The summed E-state index contributed by atoms with van der Waals surface area (Å²) in [5, 5.41) is 0. The number of carbonyl (C=O) groups is 1. The average molecular weight is 218 g/mol. The van der Waals surface area contributed by atoms with Crippen molar-refractivity contribution in [2.75, 3.05) is 0 Å². The molecule has 4 atom stereocenters. The van der Waals surface area contributed by atoms with E-state index in [2.05, 4.69) is 20.4 Å². The van der Waals surface area contributed by atoms with Gasteiger partial charge in [-0.15, -0.1) is 0 Å². The van der Waals surface area contributed by atoms with Gasteiger partial charge < -0.3 is 4.79 Å². The molecule has 3 aliphatic rings. The second-order valence-electron chi connectivity index (χ2n) is 6.79. The van der Waals surface area contributed by atoms with Gasteiger partial charge in [-0.2, -0.15) is 0 Å². The first-order chi connectivity index (χ1) is 7.52. The second-order valence-corrected chi connectivity index (χ2v) is 6.79. The molecule has 0 N–H and O–H groups in total. The minimum atomic E-state index is 0.308. The van der Waals surface area contributed by atoms with Crippen LogP contribution in [-0.2, 0) is 4.79 Å². The standard InChI is InChI=1S/C15H22O/c1-10-13-5-4-12(9-16)15(13)7-6-11(8-15)14(10,2)3/h9,11-13H,1,4-8H2,2-3H3/t11-,12-,13-,15-/m1/s1. The topological polar surface area (TPSA) is 17.1 Å². The molecule has 3 aliphatic carbocycles. The van der Waals surface area contributed by atoms with Gasteiger partial charge in [-0.05, 0) is 54.8 Å². The number of aldehydes is 1. The van der Waals surface area contributed by atoms with Crippen LogP contribution in [0.15, 0.2) is 12.2 Å². The fraction of sp³-hybridized carbons (Fsp3) is 0.800. The molecule has 0 radical (unpaired) electrons. The van der Waals surface area contributed by atoms with E-state index in [4.69, 9.17) is 0 Å². The molecule has 16 heavy (non-hydrogen) atoms. The van der Waals surface area contributed by atoms with E-state index >= 15 is 0 Å². The fourth-order valence-corrected chi connectivity index (χ4v) is 4.99. The highest BCUT2D eigenvalue weighted by Gasteiger charge is 2.61.